The number of ether oxygens (including phenoxy) is 2. The predicted molar refractivity (Wildman–Crippen MR) is 141 cm³/mol. The minimum atomic E-state index is -4.69. The Morgan fingerprint density at radius 2 is 1.72 bits per heavy atom. The molecule has 1 amide bonds. The molecule has 39 heavy (non-hydrogen) atoms. The van der Waals surface area contributed by atoms with Crippen LogP contribution in [-0.4, -0.2) is 33.0 Å². The summed E-state index contributed by atoms with van der Waals surface area (Å²) in [5, 5.41) is 5.66. The fourth-order valence-electron chi connectivity index (χ4n) is 3.93. The van der Waals surface area contributed by atoms with E-state index in [0.29, 0.717) is 30.9 Å². The number of rotatable bonds is 8. The van der Waals surface area contributed by atoms with Crippen molar-refractivity contribution in [3.05, 3.63) is 71.2 Å². The molecule has 3 aromatic carbocycles. The fourth-order valence-corrected chi connectivity index (χ4v) is 5.29. The Bertz CT molecular complexity index is 1480. The molecule has 0 bridgehead atoms. The molecule has 3 aromatic rings. The van der Waals surface area contributed by atoms with Crippen molar-refractivity contribution in [3.8, 4) is 17.2 Å². The van der Waals surface area contributed by atoms with Crippen LogP contribution in [-0.2, 0) is 21.0 Å². The third-order valence-electron chi connectivity index (χ3n) is 5.84. The van der Waals surface area contributed by atoms with Gasteiger partial charge in [0.25, 0.3) is 10.0 Å². The molecule has 0 spiro atoms. The number of carbonyl (C=O) groups is 1. The largest absolute Gasteiger partial charge is 0.485 e. The van der Waals surface area contributed by atoms with Gasteiger partial charge < -0.3 is 20.1 Å². The summed E-state index contributed by atoms with van der Waals surface area (Å²) >= 11 is 6.27. The second-order valence-electron chi connectivity index (χ2n) is 9.19. The topological polar surface area (TPSA) is 106 Å². The maximum Gasteiger partial charge on any atom is 0.419 e. The van der Waals surface area contributed by atoms with Gasteiger partial charge in [0.05, 0.1) is 21.2 Å². The molecule has 0 aliphatic carbocycles. The normalized spacial score (nSPS) is 17.5. The zero-order chi connectivity index (χ0) is 28.4. The highest BCUT2D eigenvalue weighted by Gasteiger charge is 2.38. The summed E-state index contributed by atoms with van der Waals surface area (Å²) in [5.41, 5.74) is -1.42. The Morgan fingerprint density at radius 1 is 1.03 bits per heavy atom. The monoisotopic (exact) mass is 583 g/mol. The highest BCUT2D eigenvalue weighted by atomic mass is 35.5. The van der Waals surface area contributed by atoms with E-state index >= 15 is 0 Å². The Hall–Kier alpha value is -3.48. The molecule has 1 saturated heterocycles. The average molecular weight is 584 g/mol. The van der Waals surface area contributed by atoms with E-state index in [-0.39, 0.29) is 27.3 Å². The SMILES string of the molecule is CC(=O)Nc1ccc(Oc2ccc(S(=O)(=O)Nc3ccc(C(F)(F)F)c(O[C@]4(C)CCNC4)c3)cc2Cl)cc1. The van der Waals surface area contributed by atoms with Gasteiger partial charge in [0.1, 0.15) is 22.8 Å². The number of alkyl halides is 3. The first-order valence-corrected chi connectivity index (χ1v) is 13.6. The summed E-state index contributed by atoms with van der Waals surface area (Å²) < 4.78 is 80.6. The molecule has 1 aliphatic heterocycles. The van der Waals surface area contributed by atoms with Gasteiger partial charge in [-0.25, -0.2) is 8.42 Å². The van der Waals surface area contributed by atoms with Gasteiger partial charge >= 0.3 is 6.18 Å². The van der Waals surface area contributed by atoms with E-state index in [1.807, 2.05) is 0 Å². The summed E-state index contributed by atoms with van der Waals surface area (Å²) in [6, 6.07) is 13.0. The number of amides is 1. The zero-order valence-electron chi connectivity index (χ0n) is 20.9. The number of nitrogens with one attached hydrogen (secondary N) is 3. The lowest BCUT2D eigenvalue weighted by Crippen LogP contribution is -2.35. The number of hydrogen-bond acceptors (Lipinski definition) is 6. The van der Waals surface area contributed by atoms with Crippen LogP contribution in [0.25, 0.3) is 0 Å². The molecule has 0 aromatic heterocycles. The Kier molecular flexibility index (Phi) is 8.01. The molecule has 1 atom stereocenters. The van der Waals surface area contributed by atoms with Crippen molar-refractivity contribution in [1.82, 2.24) is 5.32 Å². The van der Waals surface area contributed by atoms with Gasteiger partial charge in [0, 0.05) is 31.6 Å². The quantitative estimate of drug-likeness (QED) is 0.298. The molecule has 1 heterocycles. The minimum absolute atomic E-state index is 0.0121. The van der Waals surface area contributed by atoms with Crippen molar-refractivity contribution < 1.29 is 35.9 Å². The van der Waals surface area contributed by atoms with Gasteiger partial charge in [0.15, 0.2) is 0 Å². The number of benzene rings is 3. The molecular formula is C26H25ClF3N3O5S. The summed E-state index contributed by atoms with van der Waals surface area (Å²) in [5.74, 6) is -0.132. The van der Waals surface area contributed by atoms with E-state index in [4.69, 9.17) is 21.1 Å². The van der Waals surface area contributed by atoms with Crippen LogP contribution >= 0.6 is 11.6 Å². The smallest absolute Gasteiger partial charge is 0.419 e. The average Bonchev–Trinajstić information content (AvgIpc) is 3.26. The van der Waals surface area contributed by atoms with Crippen molar-refractivity contribution in [1.29, 1.82) is 0 Å². The molecule has 1 fully saturated rings. The number of hydrogen-bond donors (Lipinski definition) is 3. The second kappa shape index (κ2) is 10.9. The maximum absolute atomic E-state index is 13.6. The predicted octanol–water partition coefficient (Wildman–Crippen LogP) is 6.04. The van der Waals surface area contributed by atoms with Crippen molar-refractivity contribution in [2.75, 3.05) is 23.1 Å². The maximum atomic E-state index is 13.6. The highest BCUT2D eigenvalue weighted by molar-refractivity contribution is 7.92. The van der Waals surface area contributed by atoms with E-state index in [1.165, 1.54) is 19.1 Å². The van der Waals surface area contributed by atoms with Gasteiger partial charge in [-0.15, -0.1) is 0 Å². The molecule has 1 aliphatic rings. The van der Waals surface area contributed by atoms with E-state index in [9.17, 15) is 26.4 Å². The lowest BCUT2D eigenvalue weighted by Gasteiger charge is -2.27. The van der Waals surface area contributed by atoms with Crippen LogP contribution in [0.4, 0.5) is 24.5 Å². The van der Waals surface area contributed by atoms with Gasteiger partial charge in [0.2, 0.25) is 5.91 Å². The second-order valence-corrected chi connectivity index (χ2v) is 11.3. The van der Waals surface area contributed by atoms with E-state index < -0.39 is 33.1 Å². The Labute approximate surface area is 228 Å². The molecule has 8 nitrogen and oxygen atoms in total. The molecule has 13 heteroatoms. The lowest BCUT2D eigenvalue weighted by molar-refractivity contribution is -0.139. The zero-order valence-corrected chi connectivity index (χ0v) is 22.4. The molecule has 3 N–H and O–H groups in total. The molecule has 4 rings (SSSR count). The van der Waals surface area contributed by atoms with Gasteiger partial charge in [-0.1, -0.05) is 11.6 Å². The van der Waals surface area contributed by atoms with Crippen molar-refractivity contribution in [3.63, 3.8) is 0 Å². The van der Waals surface area contributed by atoms with Crippen LogP contribution < -0.4 is 24.8 Å². The first-order valence-electron chi connectivity index (χ1n) is 11.7. The van der Waals surface area contributed by atoms with Gasteiger partial charge in [-0.3, -0.25) is 9.52 Å². The van der Waals surface area contributed by atoms with Crippen LogP contribution in [0.1, 0.15) is 25.8 Å². The summed E-state index contributed by atoms with van der Waals surface area (Å²) in [7, 11) is -4.23. The molecular weight excluding hydrogens is 559 g/mol. The summed E-state index contributed by atoms with van der Waals surface area (Å²) in [4.78, 5) is 10.9. The van der Waals surface area contributed by atoms with Crippen LogP contribution in [0, 0.1) is 0 Å². The molecule has 0 unspecified atom stereocenters. The van der Waals surface area contributed by atoms with Gasteiger partial charge in [-0.05, 0) is 68.1 Å². The van der Waals surface area contributed by atoms with Crippen LogP contribution in [0.3, 0.4) is 0 Å². The Morgan fingerprint density at radius 3 is 2.31 bits per heavy atom. The first-order chi connectivity index (χ1) is 18.2. The number of carbonyl (C=O) groups excluding carboxylic acids is 1. The lowest BCUT2D eigenvalue weighted by atomic mass is 10.1. The summed E-state index contributed by atoms with van der Waals surface area (Å²) in [6.07, 6.45) is -4.20. The standard InChI is InChI=1S/C26H25ClF3N3O5S/c1-16(34)32-17-3-6-19(7-4-17)37-23-10-8-20(14-22(23)27)39(35,36)33-18-5-9-21(26(28,29)30)24(13-18)38-25(2)11-12-31-15-25/h3-10,13-14,31,33H,11-12,15H2,1-2H3,(H,32,34)/t25-/m1/s1. The van der Waals surface area contributed by atoms with E-state index in [2.05, 4.69) is 15.4 Å². The van der Waals surface area contributed by atoms with Gasteiger partial charge in [-0.2, -0.15) is 13.2 Å². The Balaban J connectivity index is 1.53. The number of halogens is 4. The van der Waals surface area contributed by atoms with E-state index in [0.717, 1.165) is 24.3 Å². The molecule has 208 valence electrons. The van der Waals surface area contributed by atoms with E-state index in [1.54, 1.807) is 31.2 Å². The highest BCUT2D eigenvalue weighted by Crippen LogP contribution is 2.40. The number of anilines is 2. The summed E-state index contributed by atoms with van der Waals surface area (Å²) in [6.45, 7) is 4.01. The third kappa shape index (κ3) is 7.14. The van der Waals surface area contributed by atoms with Crippen molar-refractivity contribution in [2.24, 2.45) is 0 Å². The fraction of sp³-hybridized carbons (Fsp3) is 0.269. The number of sulfonamides is 1. The first kappa shape index (κ1) is 28.5. The van der Waals surface area contributed by atoms with Crippen molar-refractivity contribution >= 4 is 38.9 Å². The molecule has 0 radical (unpaired) electrons. The van der Waals surface area contributed by atoms with Crippen LogP contribution in [0.5, 0.6) is 17.2 Å². The third-order valence-corrected chi connectivity index (χ3v) is 7.52. The van der Waals surface area contributed by atoms with Crippen molar-refractivity contribution in [2.45, 2.75) is 36.9 Å². The molecule has 0 saturated carbocycles. The minimum Gasteiger partial charge on any atom is -0.485 e. The van der Waals surface area contributed by atoms with Crippen LogP contribution in [0.15, 0.2) is 65.6 Å². The van der Waals surface area contributed by atoms with Crippen LogP contribution in [0.2, 0.25) is 5.02 Å².